The summed E-state index contributed by atoms with van der Waals surface area (Å²) in [4.78, 5) is 21.9. The van der Waals surface area contributed by atoms with Crippen molar-refractivity contribution in [2.24, 2.45) is 0 Å². The van der Waals surface area contributed by atoms with E-state index in [1.807, 2.05) is 18.4 Å². The molecule has 2 aliphatic heterocycles. The zero-order valence-electron chi connectivity index (χ0n) is 23.8. The minimum atomic E-state index is -0.460. The summed E-state index contributed by atoms with van der Waals surface area (Å²) in [5.41, 5.74) is 2.07. The quantitative estimate of drug-likeness (QED) is 0.331. The number of benzene rings is 2. The number of aromatic nitrogens is 2. The zero-order chi connectivity index (χ0) is 28.7. The number of anilines is 1. The summed E-state index contributed by atoms with van der Waals surface area (Å²) in [6.45, 7) is 9.04. The average molecular weight is 562 g/mol. The smallest absolute Gasteiger partial charge is 0.199 e. The van der Waals surface area contributed by atoms with Crippen LogP contribution in [0.5, 0.6) is 5.75 Å². The number of hydrogen-bond acceptors (Lipinski definition) is 7. The van der Waals surface area contributed by atoms with Gasteiger partial charge in [-0.25, -0.2) is 4.39 Å². The monoisotopic (exact) mass is 561 g/mol. The van der Waals surface area contributed by atoms with Crippen molar-refractivity contribution in [2.75, 3.05) is 64.6 Å². The second kappa shape index (κ2) is 11.3. The number of aromatic amines is 1. The summed E-state index contributed by atoms with van der Waals surface area (Å²) in [6.07, 6.45) is 2.04. The first-order valence-electron chi connectivity index (χ1n) is 14.4. The van der Waals surface area contributed by atoms with Gasteiger partial charge in [-0.1, -0.05) is 6.07 Å². The van der Waals surface area contributed by atoms with Crippen molar-refractivity contribution >= 4 is 38.5 Å². The van der Waals surface area contributed by atoms with Crippen LogP contribution in [0.2, 0.25) is 0 Å². The lowest BCUT2D eigenvalue weighted by atomic mass is 10.0. The highest BCUT2D eigenvalue weighted by molar-refractivity contribution is 6.10. The number of pyridine rings is 1. The van der Waals surface area contributed by atoms with Gasteiger partial charge in [0.25, 0.3) is 0 Å². The second-order valence-electron chi connectivity index (χ2n) is 11.2. The van der Waals surface area contributed by atoms with Gasteiger partial charge >= 0.3 is 0 Å². The third-order valence-corrected chi connectivity index (χ3v) is 8.44. The lowest BCUT2D eigenvalue weighted by Gasteiger charge is -2.41. The summed E-state index contributed by atoms with van der Waals surface area (Å²) in [6, 6.07) is 9.40. The Morgan fingerprint density at radius 1 is 1.12 bits per heavy atom. The van der Waals surface area contributed by atoms with Crippen LogP contribution in [0.1, 0.15) is 38.3 Å². The summed E-state index contributed by atoms with van der Waals surface area (Å²) in [7, 11) is 1.59. The number of fused-ring (bicyclic) bond motifs is 4. The molecule has 41 heavy (non-hydrogen) atoms. The third-order valence-electron chi connectivity index (χ3n) is 8.44. The van der Waals surface area contributed by atoms with Crippen molar-refractivity contribution in [1.29, 1.82) is 5.26 Å². The minimum Gasteiger partial charge on any atom is -0.489 e. The Hall–Kier alpha value is -3.65. The molecule has 2 aliphatic rings. The van der Waals surface area contributed by atoms with Crippen molar-refractivity contribution in [3.05, 3.63) is 45.9 Å². The van der Waals surface area contributed by atoms with Crippen molar-refractivity contribution in [1.82, 2.24) is 14.5 Å². The zero-order valence-corrected chi connectivity index (χ0v) is 23.8. The van der Waals surface area contributed by atoms with E-state index in [0.717, 1.165) is 39.1 Å². The topological polar surface area (TPSA) is 95.7 Å². The van der Waals surface area contributed by atoms with Crippen LogP contribution in [-0.4, -0.2) is 80.2 Å². The molecule has 9 nitrogen and oxygen atoms in total. The van der Waals surface area contributed by atoms with E-state index in [0.29, 0.717) is 64.7 Å². The molecule has 10 heteroatoms. The maximum absolute atomic E-state index is 17.0. The van der Waals surface area contributed by atoms with Gasteiger partial charge in [-0.15, -0.1) is 0 Å². The van der Waals surface area contributed by atoms with Gasteiger partial charge in [0.05, 0.1) is 34.5 Å². The summed E-state index contributed by atoms with van der Waals surface area (Å²) < 4.78 is 35.7. The van der Waals surface area contributed by atoms with Crippen molar-refractivity contribution in [3.8, 4) is 11.8 Å². The molecule has 4 heterocycles. The first-order valence-corrected chi connectivity index (χ1v) is 14.4. The van der Waals surface area contributed by atoms with E-state index < -0.39 is 5.82 Å². The molecule has 0 amide bonds. The minimum absolute atomic E-state index is 0.155. The van der Waals surface area contributed by atoms with Gasteiger partial charge in [-0.2, -0.15) is 5.26 Å². The number of rotatable bonds is 7. The number of halogens is 1. The standard InChI is InChI=1S/C31H36FN5O4/c1-19(2)37-28-23(30(38)26-22-5-4-20(18-33)16-24(22)34-31(26)37)17-25(41-15-14-39-3)29(27(28)32)36-10-8-35(9-11-36)21-6-12-40-13-7-21/h4-5,16-17,19,21,34H,6-15H2,1-3H3. The fourth-order valence-corrected chi connectivity index (χ4v) is 6.44. The van der Waals surface area contributed by atoms with Gasteiger partial charge in [-0.05, 0) is 44.9 Å². The van der Waals surface area contributed by atoms with E-state index in [1.54, 1.807) is 31.4 Å². The molecule has 0 atom stereocenters. The fraction of sp³-hybridized carbons (Fsp3) is 0.484. The van der Waals surface area contributed by atoms with Gasteiger partial charge in [0.1, 0.15) is 23.7 Å². The Bertz CT molecular complexity index is 1690. The van der Waals surface area contributed by atoms with Crippen LogP contribution < -0.4 is 15.1 Å². The average Bonchev–Trinajstić information content (AvgIpc) is 3.37. The Kier molecular flexibility index (Phi) is 7.60. The number of methoxy groups -OCH3 is 1. The fourth-order valence-electron chi connectivity index (χ4n) is 6.44. The predicted molar refractivity (Wildman–Crippen MR) is 158 cm³/mol. The molecule has 4 aromatic rings. The second-order valence-corrected chi connectivity index (χ2v) is 11.2. The van der Waals surface area contributed by atoms with Gasteiger partial charge in [0.2, 0.25) is 0 Å². The maximum atomic E-state index is 17.0. The van der Waals surface area contributed by atoms with Crippen LogP contribution in [0.15, 0.2) is 29.1 Å². The normalized spacial score (nSPS) is 17.2. The Labute approximate surface area is 238 Å². The molecule has 0 bridgehead atoms. The lowest BCUT2D eigenvalue weighted by Crippen LogP contribution is -2.52. The van der Waals surface area contributed by atoms with E-state index in [4.69, 9.17) is 14.2 Å². The van der Waals surface area contributed by atoms with Gasteiger partial charge in [0, 0.05) is 69.5 Å². The van der Waals surface area contributed by atoms with Crippen LogP contribution in [0.4, 0.5) is 10.1 Å². The van der Waals surface area contributed by atoms with Gasteiger partial charge in [-0.3, -0.25) is 9.69 Å². The SMILES string of the molecule is COCCOc1cc2c(=O)c3c4ccc(C#N)cc4[nH]c3n(C(C)C)c2c(F)c1N1CCN(C2CCOCC2)CC1. The van der Waals surface area contributed by atoms with Crippen LogP contribution >= 0.6 is 0 Å². The van der Waals surface area contributed by atoms with Crippen LogP contribution in [-0.2, 0) is 9.47 Å². The molecule has 0 saturated carbocycles. The Morgan fingerprint density at radius 3 is 2.56 bits per heavy atom. The molecule has 216 valence electrons. The Morgan fingerprint density at radius 2 is 1.88 bits per heavy atom. The molecule has 2 fully saturated rings. The first-order chi connectivity index (χ1) is 19.9. The van der Waals surface area contributed by atoms with E-state index in [-0.39, 0.29) is 29.0 Å². The van der Waals surface area contributed by atoms with Crippen LogP contribution in [0.25, 0.3) is 32.8 Å². The largest absolute Gasteiger partial charge is 0.489 e. The van der Waals surface area contributed by atoms with Gasteiger partial charge in [0.15, 0.2) is 11.2 Å². The maximum Gasteiger partial charge on any atom is 0.199 e. The molecule has 2 saturated heterocycles. The molecule has 0 radical (unpaired) electrons. The number of hydrogen-bond donors (Lipinski definition) is 1. The molecule has 6 rings (SSSR count). The molecular formula is C31H36FN5O4. The number of piperazine rings is 1. The van der Waals surface area contributed by atoms with E-state index >= 15 is 4.39 Å². The van der Waals surface area contributed by atoms with Crippen LogP contribution in [0, 0.1) is 17.1 Å². The van der Waals surface area contributed by atoms with Crippen molar-refractivity contribution in [3.63, 3.8) is 0 Å². The molecule has 1 N–H and O–H groups in total. The molecular weight excluding hydrogens is 525 g/mol. The highest BCUT2D eigenvalue weighted by atomic mass is 19.1. The summed E-state index contributed by atoms with van der Waals surface area (Å²) >= 11 is 0. The third kappa shape index (κ3) is 4.82. The number of nitrogens with zero attached hydrogens (tertiary/aromatic N) is 4. The molecule has 2 aromatic heterocycles. The summed E-state index contributed by atoms with van der Waals surface area (Å²) in [5.74, 6) is -0.108. The molecule has 2 aromatic carbocycles. The molecule has 0 unspecified atom stereocenters. The number of nitrogens with one attached hydrogen (secondary N) is 1. The lowest BCUT2D eigenvalue weighted by molar-refractivity contribution is 0.0320. The molecule has 0 aliphatic carbocycles. The van der Waals surface area contributed by atoms with Gasteiger partial charge < -0.3 is 28.7 Å². The van der Waals surface area contributed by atoms with Crippen molar-refractivity contribution in [2.45, 2.75) is 38.8 Å². The Balaban J connectivity index is 1.52. The van der Waals surface area contributed by atoms with E-state index in [1.165, 1.54) is 0 Å². The highest BCUT2D eigenvalue weighted by Crippen LogP contribution is 2.40. The highest BCUT2D eigenvalue weighted by Gasteiger charge is 2.31. The summed E-state index contributed by atoms with van der Waals surface area (Å²) in [5, 5.41) is 10.9. The van der Waals surface area contributed by atoms with Crippen molar-refractivity contribution < 1.29 is 18.6 Å². The predicted octanol–water partition coefficient (Wildman–Crippen LogP) is 4.55. The number of nitriles is 1. The van der Waals surface area contributed by atoms with E-state index in [9.17, 15) is 10.1 Å². The number of H-pyrrole nitrogens is 1. The number of ether oxygens (including phenoxy) is 3. The molecule has 0 spiro atoms. The van der Waals surface area contributed by atoms with E-state index in [2.05, 4.69) is 20.9 Å². The van der Waals surface area contributed by atoms with Crippen LogP contribution in [0.3, 0.4) is 0 Å². The first kappa shape index (κ1) is 27.5.